The molecule has 0 aliphatic rings. The summed E-state index contributed by atoms with van der Waals surface area (Å²) in [5.74, 6) is 0.401. The van der Waals surface area contributed by atoms with Crippen molar-refractivity contribution < 1.29 is 14.3 Å². The second kappa shape index (κ2) is 5.47. The minimum atomic E-state index is -0.587. The zero-order chi connectivity index (χ0) is 11.2. The average molecular weight is 202 g/mol. The van der Waals surface area contributed by atoms with Gasteiger partial charge in [-0.15, -0.1) is 5.10 Å². The highest BCUT2D eigenvalue weighted by Crippen LogP contribution is 2.06. The Kier molecular flexibility index (Phi) is 4.97. The smallest absolute Gasteiger partial charge is 0.428 e. The quantitative estimate of drug-likeness (QED) is 0.422. The highest BCUT2D eigenvalue weighted by atomic mass is 16.6. The summed E-state index contributed by atoms with van der Waals surface area (Å²) >= 11 is 0. The van der Waals surface area contributed by atoms with Crippen LogP contribution in [0, 0.1) is 0 Å². The van der Waals surface area contributed by atoms with E-state index in [0.717, 1.165) is 0 Å². The maximum atomic E-state index is 11.1. The van der Waals surface area contributed by atoms with Crippen LogP contribution in [0.4, 0.5) is 4.79 Å². The van der Waals surface area contributed by atoms with Crippen molar-refractivity contribution in [3.05, 3.63) is 0 Å². The topological polar surface area (TPSA) is 59.9 Å². The maximum Gasteiger partial charge on any atom is 0.428 e. The van der Waals surface area contributed by atoms with Crippen molar-refractivity contribution in [3.63, 3.8) is 0 Å². The molecule has 0 radical (unpaired) electrons. The van der Waals surface area contributed by atoms with Gasteiger partial charge in [-0.3, -0.25) is 0 Å². The summed E-state index contributed by atoms with van der Waals surface area (Å²) in [6.07, 6.45) is -0.587. The number of hydrazone groups is 1. The Bertz CT molecular complexity index is 219. The van der Waals surface area contributed by atoms with Gasteiger partial charge in [0.25, 0.3) is 0 Å². The van der Waals surface area contributed by atoms with Crippen molar-refractivity contribution in [3.8, 4) is 0 Å². The van der Waals surface area contributed by atoms with Gasteiger partial charge in [0.2, 0.25) is 5.90 Å². The molecule has 0 saturated carbocycles. The van der Waals surface area contributed by atoms with Gasteiger partial charge in [0.05, 0.1) is 6.61 Å². The molecule has 0 atom stereocenters. The Morgan fingerprint density at radius 2 is 2.00 bits per heavy atom. The molecule has 0 rings (SSSR count). The molecule has 0 aromatic heterocycles. The predicted octanol–water partition coefficient (Wildman–Crippen LogP) is 1.88. The lowest BCUT2D eigenvalue weighted by atomic mass is 10.2. The summed E-state index contributed by atoms with van der Waals surface area (Å²) in [5, 5.41) is 3.67. The van der Waals surface area contributed by atoms with Crippen LogP contribution in [-0.2, 0) is 9.47 Å². The summed E-state index contributed by atoms with van der Waals surface area (Å²) in [6, 6.07) is 0. The number of ether oxygens (including phenoxy) is 2. The Morgan fingerprint density at radius 3 is 2.43 bits per heavy atom. The SMILES string of the molecule is CCOC(C)=NNC(=O)OC(C)(C)C. The van der Waals surface area contributed by atoms with Crippen molar-refractivity contribution >= 4 is 12.0 Å². The van der Waals surface area contributed by atoms with Crippen LogP contribution in [0.15, 0.2) is 5.10 Å². The van der Waals surface area contributed by atoms with Crippen LogP contribution in [0.2, 0.25) is 0 Å². The molecule has 0 aromatic rings. The van der Waals surface area contributed by atoms with Gasteiger partial charge in [0.15, 0.2) is 0 Å². The minimum Gasteiger partial charge on any atom is -0.480 e. The van der Waals surface area contributed by atoms with E-state index in [4.69, 9.17) is 9.47 Å². The molecule has 1 N–H and O–H groups in total. The van der Waals surface area contributed by atoms with E-state index in [9.17, 15) is 4.79 Å². The molecule has 82 valence electrons. The molecule has 0 spiro atoms. The minimum absolute atomic E-state index is 0.401. The van der Waals surface area contributed by atoms with Crippen molar-refractivity contribution in [2.45, 2.75) is 40.2 Å². The van der Waals surface area contributed by atoms with E-state index in [0.29, 0.717) is 12.5 Å². The van der Waals surface area contributed by atoms with E-state index in [2.05, 4.69) is 10.5 Å². The maximum absolute atomic E-state index is 11.1. The fourth-order valence-electron chi connectivity index (χ4n) is 0.666. The first-order chi connectivity index (χ1) is 6.35. The number of carbonyl (C=O) groups is 1. The van der Waals surface area contributed by atoms with Crippen molar-refractivity contribution in [1.82, 2.24) is 5.43 Å². The van der Waals surface area contributed by atoms with E-state index < -0.39 is 11.7 Å². The third-order valence-electron chi connectivity index (χ3n) is 1.06. The number of nitrogens with one attached hydrogen (secondary N) is 1. The normalized spacial score (nSPS) is 12.2. The molecular formula is C9H18N2O3. The average Bonchev–Trinajstić information content (AvgIpc) is 1.98. The molecule has 0 aliphatic carbocycles. The van der Waals surface area contributed by atoms with Crippen LogP contribution in [0.3, 0.4) is 0 Å². The Labute approximate surface area is 84.5 Å². The summed E-state index contributed by atoms with van der Waals surface area (Å²) in [6.45, 7) is 9.36. The lowest BCUT2D eigenvalue weighted by molar-refractivity contribution is 0.0527. The molecule has 0 unspecified atom stereocenters. The van der Waals surface area contributed by atoms with E-state index in [1.165, 1.54) is 0 Å². The van der Waals surface area contributed by atoms with Gasteiger partial charge in [0.1, 0.15) is 5.60 Å². The predicted molar refractivity (Wildman–Crippen MR) is 54.1 cm³/mol. The van der Waals surface area contributed by atoms with E-state index >= 15 is 0 Å². The second-order valence-electron chi connectivity index (χ2n) is 3.68. The van der Waals surface area contributed by atoms with Crippen molar-refractivity contribution in [1.29, 1.82) is 0 Å². The molecule has 5 nitrogen and oxygen atoms in total. The standard InChI is InChI=1S/C9H18N2O3/c1-6-13-7(2)10-11-8(12)14-9(3,4)5/h6H2,1-5H3,(H,11,12). The van der Waals surface area contributed by atoms with Gasteiger partial charge in [0, 0.05) is 6.92 Å². The van der Waals surface area contributed by atoms with Crippen LogP contribution >= 0.6 is 0 Å². The van der Waals surface area contributed by atoms with Crippen LogP contribution in [0.1, 0.15) is 34.6 Å². The summed E-state index contributed by atoms with van der Waals surface area (Å²) in [5.41, 5.74) is 1.71. The number of amides is 1. The lowest BCUT2D eigenvalue weighted by Gasteiger charge is -2.18. The van der Waals surface area contributed by atoms with Crippen LogP contribution < -0.4 is 5.43 Å². The number of rotatable bonds is 2. The Balaban J connectivity index is 3.90. The summed E-state index contributed by atoms with van der Waals surface area (Å²) in [7, 11) is 0. The van der Waals surface area contributed by atoms with E-state index in [-0.39, 0.29) is 0 Å². The molecular weight excluding hydrogens is 184 g/mol. The molecule has 0 bridgehead atoms. The van der Waals surface area contributed by atoms with E-state index in [1.54, 1.807) is 27.7 Å². The summed E-state index contributed by atoms with van der Waals surface area (Å²) < 4.78 is 9.96. The van der Waals surface area contributed by atoms with Crippen molar-refractivity contribution in [2.24, 2.45) is 5.10 Å². The first-order valence-electron chi connectivity index (χ1n) is 4.51. The van der Waals surface area contributed by atoms with Gasteiger partial charge < -0.3 is 9.47 Å². The second-order valence-corrected chi connectivity index (χ2v) is 3.68. The fourth-order valence-corrected chi connectivity index (χ4v) is 0.666. The molecule has 14 heavy (non-hydrogen) atoms. The zero-order valence-corrected chi connectivity index (χ0v) is 9.38. The van der Waals surface area contributed by atoms with Gasteiger partial charge in [-0.25, -0.2) is 10.2 Å². The first-order valence-corrected chi connectivity index (χ1v) is 4.51. The number of nitrogens with zero attached hydrogens (tertiary/aromatic N) is 1. The van der Waals surface area contributed by atoms with Gasteiger partial charge in [-0.1, -0.05) is 0 Å². The monoisotopic (exact) mass is 202 g/mol. The van der Waals surface area contributed by atoms with Crippen LogP contribution in [0.5, 0.6) is 0 Å². The number of hydrogen-bond donors (Lipinski definition) is 1. The van der Waals surface area contributed by atoms with Gasteiger partial charge >= 0.3 is 6.09 Å². The molecule has 0 heterocycles. The number of carbonyl (C=O) groups excluding carboxylic acids is 1. The fraction of sp³-hybridized carbons (Fsp3) is 0.778. The highest BCUT2D eigenvalue weighted by molar-refractivity contribution is 5.75. The number of hydrogen-bond acceptors (Lipinski definition) is 4. The van der Waals surface area contributed by atoms with E-state index in [1.807, 2.05) is 6.92 Å². The van der Waals surface area contributed by atoms with Crippen LogP contribution in [-0.4, -0.2) is 24.2 Å². The Hall–Kier alpha value is -1.26. The largest absolute Gasteiger partial charge is 0.480 e. The zero-order valence-electron chi connectivity index (χ0n) is 9.38. The highest BCUT2D eigenvalue weighted by Gasteiger charge is 2.15. The third-order valence-corrected chi connectivity index (χ3v) is 1.06. The molecule has 0 saturated heterocycles. The molecule has 0 aliphatic heterocycles. The molecule has 0 fully saturated rings. The van der Waals surface area contributed by atoms with Crippen LogP contribution in [0.25, 0.3) is 0 Å². The summed E-state index contributed by atoms with van der Waals surface area (Å²) in [4.78, 5) is 11.1. The lowest BCUT2D eigenvalue weighted by Crippen LogP contribution is -2.30. The molecule has 1 amide bonds. The van der Waals surface area contributed by atoms with Crippen molar-refractivity contribution in [2.75, 3.05) is 6.61 Å². The molecule has 5 heteroatoms. The first kappa shape index (κ1) is 12.7. The van der Waals surface area contributed by atoms with Gasteiger partial charge in [-0.2, -0.15) is 0 Å². The van der Waals surface area contributed by atoms with Gasteiger partial charge in [-0.05, 0) is 27.7 Å². The third kappa shape index (κ3) is 7.39. The Morgan fingerprint density at radius 1 is 1.43 bits per heavy atom. The molecule has 0 aromatic carbocycles.